The third-order valence-corrected chi connectivity index (χ3v) is 5.03. The van der Waals surface area contributed by atoms with Gasteiger partial charge in [-0.25, -0.2) is 4.98 Å². The van der Waals surface area contributed by atoms with Gasteiger partial charge in [-0.3, -0.25) is 0 Å². The number of rotatable bonds is 3. The van der Waals surface area contributed by atoms with Crippen LogP contribution in [0.1, 0.15) is 0 Å². The lowest BCUT2D eigenvalue weighted by Gasteiger charge is -2.34. The molecule has 0 atom stereocenters. The van der Waals surface area contributed by atoms with E-state index in [9.17, 15) is 0 Å². The van der Waals surface area contributed by atoms with Crippen molar-refractivity contribution in [1.82, 2.24) is 9.88 Å². The van der Waals surface area contributed by atoms with Crippen LogP contribution in [0.5, 0.6) is 23.0 Å². The van der Waals surface area contributed by atoms with Gasteiger partial charge in [0.15, 0.2) is 23.1 Å². The number of piperazine rings is 1. The number of nitrogens with zero attached hydrogens (tertiary/aromatic N) is 3. The van der Waals surface area contributed by atoms with Crippen molar-refractivity contribution >= 4 is 16.7 Å². The van der Waals surface area contributed by atoms with E-state index >= 15 is 0 Å². The Labute approximate surface area is 157 Å². The minimum Gasteiger partial charge on any atom is -0.454 e. The largest absolute Gasteiger partial charge is 0.454 e. The van der Waals surface area contributed by atoms with E-state index in [0.29, 0.717) is 0 Å². The number of pyridine rings is 1. The molecular formula is C21H21N3O3. The van der Waals surface area contributed by atoms with Gasteiger partial charge in [-0.2, -0.15) is 0 Å². The van der Waals surface area contributed by atoms with Crippen molar-refractivity contribution < 1.29 is 14.2 Å². The average molecular weight is 363 g/mol. The molecule has 2 aliphatic rings. The molecule has 0 saturated carbocycles. The van der Waals surface area contributed by atoms with E-state index in [4.69, 9.17) is 19.2 Å². The van der Waals surface area contributed by atoms with Crippen LogP contribution in [0.4, 0.5) is 5.82 Å². The van der Waals surface area contributed by atoms with Gasteiger partial charge in [0, 0.05) is 37.6 Å². The fourth-order valence-electron chi connectivity index (χ4n) is 3.47. The Bertz CT molecular complexity index is 969. The Balaban J connectivity index is 1.60. The van der Waals surface area contributed by atoms with E-state index < -0.39 is 0 Å². The number of ether oxygens (including phenoxy) is 3. The molecule has 0 bridgehead atoms. The van der Waals surface area contributed by atoms with Crippen LogP contribution in [0.2, 0.25) is 0 Å². The number of para-hydroxylation sites is 1. The fraction of sp³-hybridized carbons (Fsp3) is 0.286. The zero-order valence-electron chi connectivity index (χ0n) is 15.2. The Kier molecular flexibility index (Phi) is 3.98. The smallest absolute Gasteiger partial charge is 0.231 e. The number of benzene rings is 2. The van der Waals surface area contributed by atoms with Gasteiger partial charge >= 0.3 is 0 Å². The van der Waals surface area contributed by atoms with Crippen LogP contribution in [0.25, 0.3) is 10.9 Å². The van der Waals surface area contributed by atoms with Crippen molar-refractivity contribution in [2.24, 2.45) is 0 Å². The molecule has 0 radical (unpaired) electrons. The Morgan fingerprint density at radius 2 is 1.67 bits per heavy atom. The summed E-state index contributed by atoms with van der Waals surface area (Å²) in [5, 5.41) is 0.975. The molecule has 0 spiro atoms. The maximum Gasteiger partial charge on any atom is 0.231 e. The average Bonchev–Trinajstić information content (AvgIpc) is 3.14. The van der Waals surface area contributed by atoms with Crippen molar-refractivity contribution in [2.45, 2.75) is 0 Å². The maximum atomic E-state index is 6.23. The van der Waals surface area contributed by atoms with Gasteiger partial charge < -0.3 is 24.0 Å². The summed E-state index contributed by atoms with van der Waals surface area (Å²) in [5.41, 5.74) is 0.883. The molecule has 0 N–H and O–H groups in total. The number of anilines is 1. The second-order valence-electron chi connectivity index (χ2n) is 6.91. The van der Waals surface area contributed by atoms with Crippen LogP contribution in [-0.2, 0) is 0 Å². The Morgan fingerprint density at radius 3 is 2.44 bits per heavy atom. The summed E-state index contributed by atoms with van der Waals surface area (Å²) in [6.45, 7) is 4.11. The van der Waals surface area contributed by atoms with Crippen molar-refractivity contribution in [1.29, 1.82) is 0 Å². The van der Waals surface area contributed by atoms with E-state index in [1.807, 2.05) is 48.5 Å². The van der Waals surface area contributed by atoms with E-state index in [1.54, 1.807) is 0 Å². The molecule has 1 fully saturated rings. The highest BCUT2D eigenvalue weighted by Crippen LogP contribution is 2.40. The SMILES string of the molecule is CN1CCN(c2nc3cc4c(cc3cc2Oc2ccccc2)OCO4)CC1. The van der Waals surface area contributed by atoms with Gasteiger partial charge in [0.25, 0.3) is 0 Å². The molecule has 1 aromatic heterocycles. The van der Waals surface area contributed by atoms with Crippen LogP contribution < -0.4 is 19.1 Å². The number of aromatic nitrogens is 1. The molecule has 0 amide bonds. The van der Waals surface area contributed by atoms with Crippen molar-refractivity contribution in [2.75, 3.05) is 44.9 Å². The van der Waals surface area contributed by atoms with Crippen LogP contribution in [0.15, 0.2) is 48.5 Å². The van der Waals surface area contributed by atoms with Crippen LogP contribution in [0.3, 0.4) is 0 Å². The van der Waals surface area contributed by atoms with Crippen molar-refractivity contribution in [3.63, 3.8) is 0 Å². The molecule has 6 nitrogen and oxygen atoms in total. The minimum atomic E-state index is 0.254. The van der Waals surface area contributed by atoms with Crippen LogP contribution in [0, 0.1) is 0 Å². The van der Waals surface area contributed by atoms with E-state index in [2.05, 4.69) is 16.8 Å². The second kappa shape index (κ2) is 6.63. The molecule has 3 heterocycles. The lowest BCUT2D eigenvalue weighted by molar-refractivity contribution is 0.174. The number of hydrogen-bond donors (Lipinski definition) is 0. The molecule has 2 aliphatic heterocycles. The van der Waals surface area contributed by atoms with Crippen molar-refractivity contribution in [3.8, 4) is 23.0 Å². The first-order valence-electron chi connectivity index (χ1n) is 9.17. The zero-order chi connectivity index (χ0) is 18.2. The van der Waals surface area contributed by atoms with Crippen molar-refractivity contribution in [3.05, 3.63) is 48.5 Å². The highest BCUT2D eigenvalue weighted by molar-refractivity contribution is 5.87. The lowest BCUT2D eigenvalue weighted by Crippen LogP contribution is -2.44. The summed E-state index contributed by atoms with van der Waals surface area (Å²) in [7, 11) is 2.15. The summed E-state index contributed by atoms with van der Waals surface area (Å²) >= 11 is 0. The Hall–Kier alpha value is -2.99. The maximum absolute atomic E-state index is 6.23. The summed E-state index contributed by atoms with van der Waals surface area (Å²) in [4.78, 5) is 9.57. The molecule has 0 aliphatic carbocycles. The second-order valence-corrected chi connectivity index (χ2v) is 6.91. The summed E-state index contributed by atoms with van der Waals surface area (Å²) in [6.07, 6.45) is 0. The summed E-state index contributed by atoms with van der Waals surface area (Å²) < 4.78 is 17.3. The first-order chi connectivity index (χ1) is 13.3. The van der Waals surface area contributed by atoms with Gasteiger partial charge in [-0.05, 0) is 31.3 Å². The van der Waals surface area contributed by atoms with E-state index in [-0.39, 0.29) is 6.79 Å². The molecule has 0 unspecified atom stereocenters. The first-order valence-corrected chi connectivity index (χ1v) is 9.17. The number of likely N-dealkylation sites (N-methyl/N-ethyl adjacent to an activating group) is 1. The third kappa shape index (κ3) is 3.13. The molecule has 3 aromatic rings. The number of fused-ring (bicyclic) bond motifs is 2. The monoisotopic (exact) mass is 363 g/mol. The fourth-order valence-corrected chi connectivity index (χ4v) is 3.47. The Morgan fingerprint density at radius 1 is 0.926 bits per heavy atom. The molecular weight excluding hydrogens is 342 g/mol. The van der Waals surface area contributed by atoms with Gasteiger partial charge in [0.1, 0.15) is 5.75 Å². The van der Waals surface area contributed by atoms with Crippen LogP contribution in [-0.4, -0.2) is 49.9 Å². The normalized spacial score (nSPS) is 16.7. The highest BCUT2D eigenvalue weighted by Gasteiger charge is 2.22. The van der Waals surface area contributed by atoms with E-state index in [1.165, 1.54) is 0 Å². The number of hydrogen-bond acceptors (Lipinski definition) is 6. The molecule has 2 aromatic carbocycles. The van der Waals surface area contributed by atoms with E-state index in [0.717, 1.165) is 65.9 Å². The lowest BCUT2D eigenvalue weighted by atomic mass is 10.1. The standard InChI is InChI=1S/C21H21N3O3/c1-23-7-9-24(10-8-23)21-20(27-16-5-3-2-4-6-16)12-15-11-18-19(26-14-25-18)13-17(15)22-21/h2-6,11-13H,7-10,14H2,1H3. The van der Waals surface area contributed by atoms with Gasteiger partial charge in [-0.1, -0.05) is 18.2 Å². The third-order valence-electron chi connectivity index (χ3n) is 5.03. The molecule has 6 heteroatoms. The predicted octanol–water partition coefficient (Wildman–Crippen LogP) is 3.51. The molecule has 138 valence electrons. The van der Waals surface area contributed by atoms with Gasteiger partial charge in [0.2, 0.25) is 6.79 Å². The first kappa shape index (κ1) is 16.2. The minimum absolute atomic E-state index is 0.254. The van der Waals surface area contributed by atoms with Gasteiger partial charge in [0.05, 0.1) is 5.52 Å². The topological polar surface area (TPSA) is 47.1 Å². The molecule has 27 heavy (non-hydrogen) atoms. The molecule has 1 saturated heterocycles. The highest BCUT2D eigenvalue weighted by atomic mass is 16.7. The summed E-state index contributed by atoms with van der Waals surface area (Å²) in [5.74, 6) is 3.93. The quantitative estimate of drug-likeness (QED) is 0.710. The predicted molar refractivity (Wildman–Crippen MR) is 104 cm³/mol. The zero-order valence-corrected chi connectivity index (χ0v) is 15.2. The van der Waals surface area contributed by atoms with Crippen LogP contribution >= 0.6 is 0 Å². The summed E-state index contributed by atoms with van der Waals surface area (Å²) in [6, 6.07) is 15.8. The van der Waals surface area contributed by atoms with Gasteiger partial charge in [-0.15, -0.1) is 0 Å². The molecule has 5 rings (SSSR count).